The van der Waals surface area contributed by atoms with Crippen LogP contribution in [0, 0.1) is 10.7 Å². The fourth-order valence-corrected chi connectivity index (χ4v) is 2.49. The van der Waals surface area contributed by atoms with Crippen LogP contribution in [-0.2, 0) is 17.8 Å². The molecule has 0 N–H and O–H groups in total. The van der Waals surface area contributed by atoms with Crippen molar-refractivity contribution in [2.75, 3.05) is 5.01 Å². The zero-order valence-corrected chi connectivity index (χ0v) is 11.6. The van der Waals surface area contributed by atoms with Crippen molar-refractivity contribution in [1.82, 2.24) is 0 Å². The molecule has 0 fully saturated rings. The summed E-state index contributed by atoms with van der Waals surface area (Å²) in [4.78, 5) is 11.1. The Balaban J connectivity index is 1.85. The van der Waals surface area contributed by atoms with Crippen LogP contribution in [0.5, 0.6) is 0 Å². The molecule has 0 bridgehead atoms. The summed E-state index contributed by atoms with van der Waals surface area (Å²) in [6, 6.07) is 11.8. The third kappa shape index (κ3) is 2.80. The third-order valence-electron chi connectivity index (χ3n) is 3.70. The predicted molar refractivity (Wildman–Crippen MR) is 80.9 cm³/mol. The lowest BCUT2D eigenvalue weighted by atomic mass is 9.64. The van der Waals surface area contributed by atoms with Crippen molar-refractivity contribution in [2.24, 2.45) is 5.29 Å². The van der Waals surface area contributed by atoms with Gasteiger partial charge >= 0.3 is 6.92 Å². The van der Waals surface area contributed by atoms with Crippen LogP contribution in [0.25, 0.3) is 0 Å². The Labute approximate surface area is 122 Å². The Morgan fingerprint density at radius 2 is 2.05 bits per heavy atom. The zero-order valence-electron chi connectivity index (χ0n) is 11.6. The van der Waals surface area contributed by atoms with Gasteiger partial charge in [-0.1, -0.05) is 25.0 Å². The van der Waals surface area contributed by atoms with Gasteiger partial charge in [0.1, 0.15) is 5.82 Å². The van der Waals surface area contributed by atoms with Gasteiger partial charge in [-0.25, -0.2) is 9.40 Å². The lowest BCUT2D eigenvalue weighted by Crippen LogP contribution is -2.26. The van der Waals surface area contributed by atoms with Gasteiger partial charge < -0.3 is 4.65 Å². The number of hydrogen-bond acceptors (Lipinski definition) is 3. The number of fused-ring (bicyclic) bond motifs is 1. The average Bonchev–Trinajstić information content (AvgIpc) is 2.88. The van der Waals surface area contributed by atoms with Gasteiger partial charge in [0.2, 0.25) is 0 Å². The second kappa shape index (κ2) is 5.65. The molecule has 1 aliphatic heterocycles. The monoisotopic (exact) mass is 284 g/mol. The van der Waals surface area contributed by atoms with E-state index in [-0.39, 0.29) is 12.7 Å². The number of nitrogens with zero attached hydrogens (tertiary/aromatic N) is 2. The second-order valence-corrected chi connectivity index (χ2v) is 5.10. The molecule has 0 spiro atoms. The molecule has 4 nitrogen and oxygen atoms in total. The molecule has 0 amide bonds. The highest BCUT2D eigenvalue weighted by molar-refractivity contribution is 6.67. The molecule has 1 heterocycles. The molecule has 0 radical (unpaired) electrons. The average molecular weight is 284 g/mol. The van der Waals surface area contributed by atoms with E-state index in [1.165, 1.54) is 17.1 Å². The largest absolute Gasteiger partial charge is 0.427 e. The van der Waals surface area contributed by atoms with E-state index >= 15 is 0 Å². The molecular formula is C15H14BFN2O2. The van der Waals surface area contributed by atoms with Crippen LogP contribution in [0.3, 0.4) is 0 Å². The first kappa shape index (κ1) is 13.8. The highest BCUT2D eigenvalue weighted by Crippen LogP contribution is 2.21. The first-order valence-corrected chi connectivity index (χ1v) is 6.77. The van der Waals surface area contributed by atoms with Crippen LogP contribution in [0.15, 0.2) is 47.8 Å². The van der Waals surface area contributed by atoms with E-state index in [1.54, 1.807) is 12.1 Å². The molecular weight excluding hydrogens is 270 g/mol. The summed E-state index contributed by atoms with van der Waals surface area (Å²) in [5, 5.41) is 4.43. The van der Waals surface area contributed by atoms with E-state index in [1.807, 2.05) is 25.0 Å². The number of benzene rings is 2. The van der Waals surface area contributed by atoms with Crippen LogP contribution in [0.2, 0.25) is 6.82 Å². The molecule has 0 unspecified atom stereocenters. The van der Waals surface area contributed by atoms with Crippen LogP contribution in [0.4, 0.5) is 10.1 Å². The highest BCUT2D eigenvalue weighted by Gasteiger charge is 2.24. The van der Waals surface area contributed by atoms with Crippen molar-refractivity contribution in [3.05, 3.63) is 64.3 Å². The van der Waals surface area contributed by atoms with Crippen molar-refractivity contribution < 1.29 is 9.04 Å². The Hall–Kier alpha value is -2.21. The maximum atomic E-state index is 12.9. The number of nitroso groups, excluding NO2 is 1. The molecule has 21 heavy (non-hydrogen) atoms. The Morgan fingerprint density at radius 1 is 1.29 bits per heavy atom. The summed E-state index contributed by atoms with van der Waals surface area (Å²) >= 11 is 0. The molecule has 3 rings (SSSR count). The molecule has 0 aliphatic carbocycles. The standard InChI is InChI=1S/C15H14BFN2O2/c1-16-15-8-14(7-4-12(15)10-21-16)19(18-20)9-11-2-5-13(17)6-3-11/h2-8H,9-10H2,1H3. The molecule has 2 aromatic carbocycles. The third-order valence-corrected chi connectivity index (χ3v) is 3.70. The summed E-state index contributed by atoms with van der Waals surface area (Å²) in [5.74, 6) is -0.298. The summed E-state index contributed by atoms with van der Waals surface area (Å²) < 4.78 is 18.5. The van der Waals surface area contributed by atoms with Gasteiger partial charge in [0, 0.05) is 0 Å². The van der Waals surface area contributed by atoms with Crippen molar-refractivity contribution in [3.8, 4) is 0 Å². The van der Waals surface area contributed by atoms with Gasteiger partial charge in [-0.05, 0) is 40.9 Å². The molecule has 106 valence electrons. The van der Waals surface area contributed by atoms with Crippen molar-refractivity contribution in [2.45, 2.75) is 20.0 Å². The summed E-state index contributed by atoms with van der Waals surface area (Å²) in [6.45, 7) is 2.91. The van der Waals surface area contributed by atoms with Gasteiger partial charge in [-0.2, -0.15) is 0 Å². The first-order chi connectivity index (χ1) is 10.2. The smallest absolute Gasteiger partial charge is 0.324 e. The summed E-state index contributed by atoms with van der Waals surface area (Å²) in [6.07, 6.45) is 0. The minimum atomic E-state index is -0.298. The van der Waals surface area contributed by atoms with Gasteiger partial charge in [0.15, 0.2) is 0 Å². The Bertz CT molecular complexity index is 663. The quantitative estimate of drug-likeness (QED) is 0.492. The molecule has 1 aliphatic rings. The van der Waals surface area contributed by atoms with Gasteiger partial charge in [-0.3, -0.25) is 0 Å². The molecule has 0 saturated carbocycles. The van der Waals surface area contributed by atoms with Crippen molar-refractivity contribution >= 4 is 18.1 Å². The molecule has 2 aromatic rings. The SMILES string of the molecule is CB1OCc2ccc(N(Cc3ccc(F)cc3)N=O)cc21. The van der Waals surface area contributed by atoms with Gasteiger partial charge in [0.05, 0.1) is 24.1 Å². The highest BCUT2D eigenvalue weighted by atomic mass is 19.1. The molecule has 0 aromatic heterocycles. The lowest BCUT2D eigenvalue weighted by molar-refractivity contribution is 0.333. The molecule has 0 atom stereocenters. The van der Waals surface area contributed by atoms with Crippen LogP contribution >= 0.6 is 0 Å². The van der Waals surface area contributed by atoms with Crippen LogP contribution in [0.1, 0.15) is 11.1 Å². The Morgan fingerprint density at radius 3 is 2.76 bits per heavy atom. The van der Waals surface area contributed by atoms with E-state index in [0.29, 0.717) is 18.8 Å². The Kier molecular flexibility index (Phi) is 3.71. The number of anilines is 1. The number of hydrogen-bond donors (Lipinski definition) is 0. The van der Waals surface area contributed by atoms with E-state index in [2.05, 4.69) is 5.29 Å². The fraction of sp³-hybridized carbons (Fsp3) is 0.200. The van der Waals surface area contributed by atoms with Crippen LogP contribution in [-0.4, -0.2) is 6.92 Å². The predicted octanol–water partition coefficient (Wildman–Crippen LogP) is 2.87. The van der Waals surface area contributed by atoms with Gasteiger partial charge in [0.25, 0.3) is 0 Å². The van der Waals surface area contributed by atoms with E-state index in [9.17, 15) is 9.30 Å². The van der Waals surface area contributed by atoms with Gasteiger partial charge in [-0.15, -0.1) is 4.91 Å². The number of rotatable bonds is 4. The van der Waals surface area contributed by atoms with Crippen molar-refractivity contribution in [3.63, 3.8) is 0 Å². The molecule has 0 saturated heterocycles. The minimum absolute atomic E-state index is 0.0271. The fourth-order valence-electron chi connectivity index (χ4n) is 2.49. The minimum Gasteiger partial charge on any atom is -0.427 e. The zero-order chi connectivity index (χ0) is 14.8. The maximum Gasteiger partial charge on any atom is 0.324 e. The lowest BCUT2D eigenvalue weighted by Gasteiger charge is -2.16. The van der Waals surface area contributed by atoms with E-state index in [0.717, 1.165) is 16.6 Å². The van der Waals surface area contributed by atoms with E-state index < -0.39 is 0 Å². The maximum absolute atomic E-state index is 12.9. The van der Waals surface area contributed by atoms with Crippen LogP contribution < -0.4 is 10.5 Å². The summed E-state index contributed by atoms with van der Waals surface area (Å²) in [7, 11) is 0. The summed E-state index contributed by atoms with van der Waals surface area (Å²) in [5.41, 5.74) is 3.75. The topological polar surface area (TPSA) is 41.9 Å². The van der Waals surface area contributed by atoms with Crippen molar-refractivity contribution in [1.29, 1.82) is 0 Å². The normalized spacial score (nSPS) is 13.1. The van der Waals surface area contributed by atoms with E-state index in [4.69, 9.17) is 4.65 Å². The number of halogens is 1. The first-order valence-electron chi connectivity index (χ1n) is 6.77. The molecule has 6 heteroatoms. The second-order valence-electron chi connectivity index (χ2n) is 5.10.